The number of nitrogens with zero attached hydrogens (tertiary/aromatic N) is 3. The van der Waals surface area contributed by atoms with Crippen molar-refractivity contribution >= 4 is 28.7 Å². The number of nitrogens with one attached hydrogen (secondary N) is 3. The molecule has 4 N–H and O–H groups in total. The molecule has 0 aliphatic carbocycles. The molecular weight excluding hydrogens is 396 g/mol. The molecule has 1 aliphatic heterocycles. The normalized spacial score (nSPS) is 14.4. The largest absolute Gasteiger partial charge is 0.394 e. The monoisotopic (exact) mass is 422 g/mol. The minimum absolute atomic E-state index is 0.108. The number of aromatic nitrogens is 3. The van der Waals surface area contributed by atoms with E-state index in [2.05, 4.69) is 25.8 Å². The van der Waals surface area contributed by atoms with Gasteiger partial charge in [0.1, 0.15) is 0 Å². The Morgan fingerprint density at radius 3 is 2.90 bits per heavy atom. The number of pyridine rings is 1. The van der Waals surface area contributed by atoms with Crippen LogP contribution in [0.4, 0.5) is 10.5 Å². The topological polar surface area (TPSA) is 123 Å². The quantitative estimate of drug-likeness (QED) is 0.502. The number of urea groups is 1. The highest BCUT2D eigenvalue weighted by atomic mass is 16.3. The van der Waals surface area contributed by atoms with Gasteiger partial charge in [-0.05, 0) is 41.7 Å². The van der Waals surface area contributed by atoms with Gasteiger partial charge in [-0.25, -0.2) is 9.78 Å². The number of rotatable bonds is 5. The van der Waals surface area contributed by atoms with E-state index in [1.54, 1.807) is 41.6 Å². The van der Waals surface area contributed by atoms with Crippen molar-refractivity contribution in [1.29, 1.82) is 0 Å². The molecule has 0 unspecified atom stereocenters. The Morgan fingerprint density at radius 1 is 1.29 bits per heavy atom. The molecule has 0 radical (unpaired) electrons. The van der Waals surface area contributed by atoms with Gasteiger partial charge in [-0.15, -0.1) is 0 Å². The summed E-state index contributed by atoms with van der Waals surface area (Å²) in [7, 11) is 0. The molecule has 1 atom stereocenters. The zero-order valence-electron chi connectivity index (χ0n) is 17.6. The zero-order chi connectivity index (χ0) is 22.0. The number of aliphatic hydroxyl groups is 1. The molecule has 1 aromatic carbocycles. The van der Waals surface area contributed by atoms with Crippen LogP contribution in [0.3, 0.4) is 0 Å². The van der Waals surface area contributed by atoms with Gasteiger partial charge in [0.05, 0.1) is 18.8 Å². The van der Waals surface area contributed by atoms with Crippen molar-refractivity contribution in [1.82, 2.24) is 25.4 Å². The number of benzene rings is 1. The highest BCUT2D eigenvalue weighted by molar-refractivity contribution is 5.97. The summed E-state index contributed by atoms with van der Waals surface area (Å²) >= 11 is 0. The molecule has 0 bridgehead atoms. The molecule has 162 valence electrons. The Balaban J connectivity index is 1.43. The first kappa shape index (κ1) is 20.8. The van der Waals surface area contributed by atoms with Crippen molar-refractivity contribution in [3.05, 3.63) is 53.3 Å². The number of hydrogen-bond donors (Lipinski definition) is 4. The van der Waals surface area contributed by atoms with E-state index in [1.165, 1.54) is 5.56 Å². The molecule has 0 saturated carbocycles. The summed E-state index contributed by atoms with van der Waals surface area (Å²) in [5, 5.41) is 23.1. The number of anilines is 1. The minimum Gasteiger partial charge on any atom is -0.394 e. The van der Waals surface area contributed by atoms with Gasteiger partial charge in [-0.2, -0.15) is 5.10 Å². The molecular formula is C22H26N6O3. The molecule has 9 heteroatoms. The van der Waals surface area contributed by atoms with Crippen LogP contribution < -0.4 is 10.6 Å². The molecule has 0 fully saturated rings. The average Bonchev–Trinajstić information content (AvgIpc) is 3.26. The second kappa shape index (κ2) is 8.73. The molecule has 3 heterocycles. The van der Waals surface area contributed by atoms with E-state index in [0.29, 0.717) is 24.3 Å². The standard InChI is InChI=1S/C22H26N6O3/c1-13(2)19(12-29)26-21(30)14-4-3-5-16(8-14)25-22(31)28-7-6-17-15(11-28)9-23-20-18(17)10-24-27-20/h3-5,8-10,13,19,29H,6-7,11-12H2,1-2H3,(H,25,31)(H,26,30)(H,23,24,27)/t19-/m0/s1. The lowest BCUT2D eigenvalue weighted by Gasteiger charge is -2.29. The number of carbonyl (C=O) groups is 2. The molecule has 31 heavy (non-hydrogen) atoms. The Morgan fingerprint density at radius 2 is 2.13 bits per heavy atom. The van der Waals surface area contributed by atoms with E-state index in [4.69, 9.17) is 0 Å². The smallest absolute Gasteiger partial charge is 0.322 e. The lowest BCUT2D eigenvalue weighted by Crippen LogP contribution is -2.41. The predicted octanol–water partition coefficient (Wildman–Crippen LogP) is 2.29. The zero-order valence-corrected chi connectivity index (χ0v) is 17.6. The molecule has 3 amide bonds. The van der Waals surface area contributed by atoms with Gasteiger partial charge in [0.15, 0.2) is 5.65 Å². The first-order valence-corrected chi connectivity index (χ1v) is 10.3. The van der Waals surface area contributed by atoms with Crippen molar-refractivity contribution < 1.29 is 14.7 Å². The molecule has 3 aromatic rings. The number of carbonyl (C=O) groups excluding carboxylic acids is 2. The van der Waals surface area contributed by atoms with Gasteiger partial charge < -0.3 is 20.6 Å². The Labute approximate surface area is 179 Å². The Bertz CT molecular complexity index is 1110. The lowest BCUT2D eigenvalue weighted by atomic mass is 9.99. The molecule has 1 aliphatic rings. The molecule has 2 aromatic heterocycles. The minimum atomic E-state index is -0.325. The van der Waals surface area contributed by atoms with E-state index in [0.717, 1.165) is 23.0 Å². The van der Waals surface area contributed by atoms with E-state index >= 15 is 0 Å². The van der Waals surface area contributed by atoms with Crippen LogP contribution in [-0.4, -0.2) is 56.3 Å². The highest BCUT2D eigenvalue weighted by Crippen LogP contribution is 2.25. The van der Waals surface area contributed by atoms with Crippen LogP contribution in [0.2, 0.25) is 0 Å². The third kappa shape index (κ3) is 4.36. The number of aromatic amines is 1. The SMILES string of the molecule is CC(C)[C@H](CO)NC(=O)c1cccc(NC(=O)N2CCc3c(cnc4[nH]ncc34)C2)c1. The van der Waals surface area contributed by atoms with Gasteiger partial charge in [0.25, 0.3) is 5.91 Å². The number of amides is 3. The van der Waals surface area contributed by atoms with Crippen LogP contribution in [0.5, 0.6) is 0 Å². The van der Waals surface area contributed by atoms with Gasteiger partial charge in [0.2, 0.25) is 0 Å². The van der Waals surface area contributed by atoms with Crippen molar-refractivity contribution in [2.24, 2.45) is 5.92 Å². The Kier molecular flexibility index (Phi) is 5.85. The maximum absolute atomic E-state index is 12.8. The third-order valence-corrected chi connectivity index (χ3v) is 5.66. The summed E-state index contributed by atoms with van der Waals surface area (Å²) in [5.74, 6) is -0.178. The van der Waals surface area contributed by atoms with E-state index in [9.17, 15) is 14.7 Å². The first-order valence-electron chi connectivity index (χ1n) is 10.3. The maximum atomic E-state index is 12.8. The summed E-state index contributed by atoms with van der Waals surface area (Å²) in [6.07, 6.45) is 4.28. The van der Waals surface area contributed by atoms with Gasteiger partial charge in [0, 0.05) is 35.9 Å². The summed E-state index contributed by atoms with van der Waals surface area (Å²) in [4.78, 5) is 31.4. The molecule has 4 rings (SSSR count). The number of aliphatic hydroxyl groups excluding tert-OH is 1. The van der Waals surface area contributed by atoms with Crippen LogP contribution in [0.15, 0.2) is 36.7 Å². The van der Waals surface area contributed by atoms with E-state index in [-0.39, 0.29) is 30.5 Å². The number of hydrogen-bond acceptors (Lipinski definition) is 5. The second-order valence-corrected chi connectivity index (χ2v) is 8.08. The average molecular weight is 422 g/mol. The summed E-state index contributed by atoms with van der Waals surface area (Å²) in [5.41, 5.74) is 3.90. The fourth-order valence-electron chi connectivity index (χ4n) is 3.74. The van der Waals surface area contributed by atoms with E-state index in [1.807, 2.05) is 13.8 Å². The fraction of sp³-hybridized carbons (Fsp3) is 0.364. The predicted molar refractivity (Wildman–Crippen MR) is 117 cm³/mol. The third-order valence-electron chi connectivity index (χ3n) is 5.66. The molecule has 0 spiro atoms. The van der Waals surface area contributed by atoms with Crippen molar-refractivity contribution in [3.8, 4) is 0 Å². The summed E-state index contributed by atoms with van der Waals surface area (Å²) in [6.45, 7) is 4.78. The van der Waals surface area contributed by atoms with Crippen LogP contribution in [-0.2, 0) is 13.0 Å². The fourth-order valence-corrected chi connectivity index (χ4v) is 3.74. The summed E-state index contributed by atoms with van der Waals surface area (Å²) in [6, 6.07) is 6.23. The number of H-pyrrole nitrogens is 1. The molecule has 0 saturated heterocycles. The maximum Gasteiger partial charge on any atom is 0.322 e. The van der Waals surface area contributed by atoms with Gasteiger partial charge in [-0.1, -0.05) is 19.9 Å². The van der Waals surface area contributed by atoms with E-state index < -0.39 is 0 Å². The van der Waals surface area contributed by atoms with Crippen LogP contribution >= 0.6 is 0 Å². The Hall–Kier alpha value is -3.46. The van der Waals surface area contributed by atoms with Crippen molar-refractivity contribution in [2.75, 3.05) is 18.5 Å². The lowest BCUT2D eigenvalue weighted by molar-refractivity contribution is 0.0897. The molecule has 9 nitrogen and oxygen atoms in total. The number of fused-ring (bicyclic) bond motifs is 3. The van der Waals surface area contributed by atoms with Crippen molar-refractivity contribution in [3.63, 3.8) is 0 Å². The van der Waals surface area contributed by atoms with Crippen LogP contribution in [0.25, 0.3) is 11.0 Å². The van der Waals surface area contributed by atoms with Crippen LogP contribution in [0, 0.1) is 5.92 Å². The van der Waals surface area contributed by atoms with Crippen molar-refractivity contribution in [2.45, 2.75) is 32.9 Å². The van der Waals surface area contributed by atoms with Gasteiger partial charge >= 0.3 is 6.03 Å². The first-order chi connectivity index (χ1) is 15.0. The second-order valence-electron chi connectivity index (χ2n) is 8.08. The highest BCUT2D eigenvalue weighted by Gasteiger charge is 2.23. The van der Waals surface area contributed by atoms with Crippen LogP contribution in [0.1, 0.15) is 35.3 Å². The van der Waals surface area contributed by atoms with Gasteiger partial charge in [-0.3, -0.25) is 9.89 Å². The summed E-state index contributed by atoms with van der Waals surface area (Å²) < 4.78 is 0.